The summed E-state index contributed by atoms with van der Waals surface area (Å²) in [5.41, 5.74) is 3.88. The van der Waals surface area contributed by atoms with Gasteiger partial charge in [0.05, 0.1) is 17.3 Å². The maximum absolute atomic E-state index is 14.3. The van der Waals surface area contributed by atoms with Crippen molar-refractivity contribution in [3.05, 3.63) is 83.2 Å². The van der Waals surface area contributed by atoms with Crippen molar-refractivity contribution in [3.8, 4) is 11.1 Å². The van der Waals surface area contributed by atoms with Crippen molar-refractivity contribution >= 4 is 5.91 Å². The molecule has 32 heavy (non-hydrogen) atoms. The van der Waals surface area contributed by atoms with E-state index >= 15 is 0 Å². The van der Waals surface area contributed by atoms with Crippen molar-refractivity contribution in [2.45, 2.75) is 38.8 Å². The number of piperidine rings is 1. The second-order valence-electron chi connectivity index (χ2n) is 8.59. The van der Waals surface area contributed by atoms with Crippen LogP contribution < -0.4 is 0 Å². The van der Waals surface area contributed by atoms with E-state index < -0.39 is 0 Å². The minimum Gasteiger partial charge on any atom is -0.345 e. The Bertz CT molecular complexity index is 1110. The number of likely N-dealkylation sites (tertiary alicyclic amines) is 1. The molecule has 0 radical (unpaired) electrons. The van der Waals surface area contributed by atoms with Crippen molar-refractivity contribution in [1.82, 2.24) is 19.8 Å². The van der Waals surface area contributed by atoms with Crippen LogP contribution in [0.4, 0.5) is 4.39 Å². The van der Waals surface area contributed by atoms with Gasteiger partial charge < -0.3 is 4.90 Å². The van der Waals surface area contributed by atoms with Crippen LogP contribution >= 0.6 is 0 Å². The van der Waals surface area contributed by atoms with Gasteiger partial charge in [0.2, 0.25) is 0 Å². The van der Waals surface area contributed by atoms with Crippen LogP contribution in [0, 0.1) is 12.7 Å². The number of halogens is 1. The molecule has 5 nitrogen and oxygen atoms in total. The van der Waals surface area contributed by atoms with Crippen LogP contribution in [-0.4, -0.2) is 46.3 Å². The molecule has 0 bridgehead atoms. The van der Waals surface area contributed by atoms with E-state index in [1.54, 1.807) is 31.3 Å². The van der Waals surface area contributed by atoms with Gasteiger partial charge in [0.15, 0.2) is 0 Å². The summed E-state index contributed by atoms with van der Waals surface area (Å²) < 4.78 is 14.3. The number of carbonyl (C=O) groups excluding carboxylic acids is 1. The smallest absolute Gasteiger partial charge is 0.256 e. The standard InChI is InChI=1S/C26H29FN4O/c1-18-22(26(32)30(2)3)16-28-25(29-18)24-13-6-7-14-31(24)17-19-9-8-10-20(15-19)21-11-4-5-12-23(21)27/h4-5,8-12,15-16,24H,6-7,13-14,17H2,1-3H3/t24-/m1/s1. The summed E-state index contributed by atoms with van der Waals surface area (Å²) in [6.45, 7) is 3.57. The van der Waals surface area contributed by atoms with E-state index in [0.29, 0.717) is 16.8 Å². The van der Waals surface area contributed by atoms with Gasteiger partial charge in [0.1, 0.15) is 11.6 Å². The van der Waals surface area contributed by atoms with E-state index in [-0.39, 0.29) is 17.8 Å². The summed E-state index contributed by atoms with van der Waals surface area (Å²) in [6, 6.07) is 15.1. The zero-order valence-corrected chi connectivity index (χ0v) is 18.9. The summed E-state index contributed by atoms with van der Waals surface area (Å²) in [6.07, 6.45) is 4.88. The van der Waals surface area contributed by atoms with Crippen LogP contribution in [0.2, 0.25) is 0 Å². The van der Waals surface area contributed by atoms with Crippen LogP contribution in [0.5, 0.6) is 0 Å². The van der Waals surface area contributed by atoms with Gasteiger partial charge in [-0.05, 0) is 49.6 Å². The maximum atomic E-state index is 14.3. The number of hydrogen-bond donors (Lipinski definition) is 0. The summed E-state index contributed by atoms with van der Waals surface area (Å²) >= 11 is 0. The average Bonchev–Trinajstić information content (AvgIpc) is 2.79. The molecule has 0 aliphatic carbocycles. The molecule has 1 fully saturated rings. The highest BCUT2D eigenvalue weighted by Gasteiger charge is 2.27. The molecular weight excluding hydrogens is 403 g/mol. The van der Waals surface area contributed by atoms with Gasteiger partial charge >= 0.3 is 0 Å². The first-order valence-electron chi connectivity index (χ1n) is 11.1. The molecule has 1 aliphatic heterocycles. The van der Waals surface area contributed by atoms with Gasteiger partial charge in [-0.15, -0.1) is 0 Å². The van der Waals surface area contributed by atoms with Gasteiger partial charge in [-0.3, -0.25) is 9.69 Å². The van der Waals surface area contributed by atoms with Gasteiger partial charge in [0, 0.05) is 32.4 Å². The maximum Gasteiger partial charge on any atom is 0.256 e. The summed E-state index contributed by atoms with van der Waals surface area (Å²) in [5.74, 6) is 0.471. The number of aryl methyl sites for hydroxylation is 1. The average molecular weight is 433 g/mol. The molecule has 2 heterocycles. The molecule has 0 spiro atoms. The summed E-state index contributed by atoms with van der Waals surface area (Å²) in [5, 5.41) is 0. The van der Waals surface area contributed by atoms with Gasteiger partial charge in [-0.1, -0.05) is 42.8 Å². The third kappa shape index (κ3) is 4.70. The third-order valence-electron chi connectivity index (χ3n) is 6.04. The second kappa shape index (κ2) is 9.57. The molecule has 1 atom stereocenters. The lowest BCUT2D eigenvalue weighted by atomic mass is 9.98. The number of benzene rings is 2. The second-order valence-corrected chi connectivity index (χ2v) is 8.59. The van der Waals surface area contributed by atoms with Gasteiger partial charge in [-0.25, -0.2) is 14.4 Å². The van der Waals surface area contributed by atoms with E-state index in [4.69, 9.17) is 4.98 Å². The van der Waals surface area contributed by atoms with Crippen molar-refractivity contribution in [2.24, 2.45) is 0 Å². The van der Waals surface area contributed by atoms with Crippen LogP contribution in [0.3, 0.4) is 0 Å². The molecule has 1 aliphatic rings. The lowest BCUT2D eigenvalue weighted by Gasteiger charge is -2.35. The number of nitrogens with zero attached hydrogens (tertiary/aromatic N) is 4. The van der Waals surface area contributed by atoms with Crippen LogP contribution in [-0.2, 0) is 6.54 Å². The van der Waals surface area contributed by atoms with Crippen molar-refractivity contribution in [2.75, 3.05) is 20.6 Å². The van der Waals surface area contributed by atoms with Crippen LogP contribution in [0.1, 0.15) is 52.7 Å². The SMILES string of the molecule is Cc1nc([C@H]2CCCCN2Cc2cccc(-c3ccccc3F)c2)ncc1C(=O)N(C)C. The number of carbonyl (C=O) groups is 1. The normalized spacial score (nSPS) is 16.7. The zero-order valence-electron chi connectivity index (χ0n) is 18.9. The van der Waals surface area contributed by atoms with Gasteiger partial charge in [0.25, 0.3) is 5.91 Å². The van der Waals surface area contributed by atoms with E-state index in [1.807, 2.05) is 31.2 Å². The van der Waals surface area contributed by atoms with E-state index in [1.165, 1.54) is 6.07 Å². The molecule has 1 aromatic heterocycles. The molecule has 1 amide bonds. The molecule has 166 valence electrons. The minimum absolute atomic E-state index is 0.0838. The Morgan fingerprint density at radius 3 is 2.72 bits per heavy atom. The van der Waals surface area contributed by atoms with Crippen molar-refractivity contribution in [1.29, 1.82) is 0 Å². The highest BCUT2D eigenvalue weighted by Crippen LogP contribution is 2.31. The molecule has 1 saturated heterocycles. The predicted molar refractivity (Wildman–Crippen MR) is 124 cm³/mol. The monoisotopic (exact) mass is 432 g/mol. The molecule has 3 aromatic rings. The van der Waals surface area contributed by atoms with E-state index in [9.17, 15) is 9.18 Å². The Labute approximate surface area is 188 Å². The molecule has 2 aromatic carbocycles. The number of hydrogen-bond acceptors (Lipinski definition) is 4. The number of aromatic nitrogens is 2. The Kier molecular flexibility index (Phi) is 6.61. The lowest BCUT2D eigenvalue weighted by Crippen LogP contribution is -2.34. The van der Waals surface area contributed by atoms with Crippen molar-refractivity contribution < 1.29 is 9.18 Å². The first-order chi connectivity index (χ1) is 15.4. The molecule has 0 unspecified atom stereocenters. The molecule has 0 N–H and O–H groups in total. The van der Waals surface area contributed by atoms with Crippen LogP contribution in [0.15, 0.2) is 54.7 Å². The zero-order chi connectivity index (χ0) is 22.7. The highest BCUT2D eigenvalue weighted by molar-refractivity contribution is 5.94. The quantitative estimate of drug-likeness (QED) is 0.568. The lowest BCUT2D eigenvalue weighted by molar-refractivity contribution is 0.0825. The van der Waals surface area contributed by atoms with E-state index in [0.717, 1.165) is 49.3 Å². The first kappa shape index (κ1) is 22.1. The third-order valence-corrected chi connectivity index (χ3v) is 6.04. The number of amides is 1. The summed E-state index contributed by atoms with van der Waals surface area (Å²) in [7, 11) is 3.46. The molecule has 0 saturated carbocycles. The topological polar surface area (TPSA) is 49.3 Å². The Hall–Kier alpha value is -3.12. The van der Waals surface area contributed by atoms with Gasteiger partial charge in [-0.2, -0.15) is 0 Å². The Morgan fingerprint density at radius 2 is 1.97 bits per heavy atom. The number of rotatable bonds is 5. The molecule has 4 rings (SSSR count). The molecular formula is C26H29FN4O. The fourth-order valence-electron chi connectivity index (χ4n) is 4.34. The highest BCUT2D eigenvalue weighted by atomic mass is 19.1. The fraction of sp³-hybridized carbons (Fsp3) is 0.346. The van der Waals surface area contributed by atoms with E-state index in [2.05, 4.69) is 22.0 Å². The largest absolute Gasteiger partial charge is 0.345 e. The predicted octanol–water partition coefficient (Wildman–Crippen LogP) is 5.02. The summed E-state index contributed by atoms with van der Waals surface area (Å²) in [4.78, 5) is 25.6. The Balaban J connectivity index is 1.58. The fourth-order valence-corrected chi connectivity index (χ4v) is 4.34. The van der Waals surface area contributed by atoms with Crippen molar-refractivity contribution in [3.63, 3.8) is 0 Å². The van der Waals surface area contributed by atoms with Crippen LogP contribution in [0.25, 0.3) is 11.1 Å². The first-order valence-corrected chi connectivity index (χ1v) is 11.1. The molecule has 6 heteroatoms. The Morgan fingerprint density at radius 1 is 1.16 bits per heavy atom. The minimum atomic E-state index is -0.211.